The van der Waals surface area contributed by atoms with Gasteiger partial charge in [0.05, 0.1) is 5.69 Å². The molecule has 0 bridgehead atoms. The molecule has 5 nitrogen and oxygen atoms in total. The fourth-order valence-electron chi connectivity index (χ4n) is 3.21. The van der Waals surface area contributed by atoms with Gasteiger partial charge in [-0.1, -0.05) is 54.1 Å². The Kier molecular flexibility index (Phi) is 6.98. The van der Waals surface area contributed by atoms with Crippen LogP contribution in [0.4, 0.5) is 0 Å². The second kappa shape index (κ2) is 9.85. The highest BCUT2D eigenvalue weighted by Crippen LogP contribution is 2.14. The number of carbonyl (C=O) groups excluding carboxylic acids is 1. The van der Waals surface area contributed by atoms with Crippen LogP contribution in [0.2, 0.25) is 0 Å². The van der Waals surface area contributed by atoms with Gasteiger partial charge in [0, 0.05) is 23.9 Å². The number of rotatable bonds is 10. The van der Waals surface area contributed by atoms with Crippen LogP contribution in [0.5, 0.6) is 0 Å². The maximum atomic E-state index is 12.8. The number of aryl methyl sites for hydroxylation is 3. The number of ether oxygens (including phenoxy) is 1. The highest BCUT2D eigenvalue weighted by atomic mass is 16.5. The smallest absolute Gasteiger partial charge is 0.381 e. The van der Waals surface area contributed by atoms with Gasteiger partial charge >= 0.3 is 5.97 Å². The molecule has 0 aliphatic rings. The third-order valence-electron chi connectivity index (χ3n) is 4.80. The molecule has 0 saturated heterocycles. The molecule has 0 saturated carbocycles. The number of aliphatic hydroxyl groups is 2. The Morgan fingerprint density at radius 2 is 1.66 bits per heavy atom. The van der Waals surface area contributed by atoms with Gasteiger partial charge in [-0.05, 0) is 37.5 Å². The van der Waals surface area contributed by atoms with E-state index in [4.69, 9.17) is 5.11 Å². The Balaban J connectivity index is 1.52. The van der Waals surface area contributed by atoms with E-state index in [1.165, 1.54) is 5.56 Å². The highest BCUT2D eigenvalue weighted by Gasteiger charge is 2.13. The van der Waals surface area contributed by atoms with E-state index in [0.29, 0.717) is 17.9 Å². The number of benzene rings is 2. The summed E-state index contributed by atoms with van der Waals surface area (Å²) in [5.74, 6) is -0.865. The monoisotopic (exact) mass is 392 g/mol. The minimum absolute atomic E-state index is 0.0458. The van der Waals surface area contributed by atoms with Crippen molar-refractivity contribution >= 4 is 11.8 Å². The third-order valence-corrected chi connectivity index (χ3v) is 4.80. The van der Waals surface area contributed by atoms with Crippen LogP contribution in [0.3, 0.4) is 0 Å². The Hall–Kier alpha value is -3.18. The van der Waals surface area contributed by atoms with Crippen LogP contribution < -0.4 is 0 Å². The number of hydrogen-bond acceptors (Lipinski definition) is 2. The second-order valence-electron chi connectivity index (χ2n) is 7.14. The molecule has 0 aliphatic carbocycles. The molecule has 0 fully saturated rings. The topological polar surface area (TPSA) is 72.1 Å². The molecule has 0 atom stereocenters. The minimum atomic E-state index is -0.910. The normalized spacial score (nSPS) is 10.8. The number of carboxylic acid groups (broad SMARTS) is 1. The fourth-order valence-corrected chi connectivity index (χ4v) is 3.21. The van der Waals surface area contributed by atoms with E-state index in [1.807, 2.05) is 66.2 Å². The first-order valence-corrected chi connectivity index (χ1v) is 9.72. The maximum Gasteiger partial charge on any atom is 0.381 e. The van der Waals surface area contributed by atoms with Crippen LogP contribution >= 0.6 is 0 Å². The molecule has 0 aliphatic heterocycles. The Morgan fingerprint density at radius 3 is 2.34 bits per heavy atom. The van der Waals surface area contributed by atoms with Gasteiger partial charge in [-0.25, -0.2) is 4.79 Å². The first-order chi connectivity index (χ1) is 14.0. The Labute approximate surface area is 170 Å². The summed E-state index contributed by atoms with van der Waals surface area (Å²) in [5, 5.41) is 8.62. The van der Waals surface area contributed by atoms with Gasteiger partial charge < -0.3 is 14.4 Å². The van der Waals surface area contributed by atoms with Crippen molar-refractivity contribution in [1.29, 1.82) is 0 Å². The summed E-state index contributed by atoms with van der Waals surface area (Å²) in [6.07, 6.45) is 3.78. The summed E-state index contributed by atoms with van der Waals surface area (Å²) in [5.41, 5.74) is 4.78. The molecular formula is C24H26NO4+. The van der Waals surface area contributed by atoms with Crippen molar-refractivity contribution in [3.63, 3.8) is 0 Å². The molecule has 0 unspecified atom stereocenters. The molecule has 29 heavy (non-hydrogen) atoms. The quantitative estimate of drug-likeness (QED) is 0.422. The van der Waals surface area contributed by atoms with Gasteiger partial charge in [-0.2, -0.15) is 0 Å². The second-order valence-corrected chi connectivity index (χ2v) is 7.14. The van der Waals surface area contributed by atoms with Crippen molar-refractivity contribution in [3.05, 3.63) is 94.8 Å². The predicted octanol–water partition coefficient (Wildman–Crippen LogP) is 3.77. The van der Waals surface area contributed by atoms with E-state index in [2.05, 4.69) is 16.9 Å². The molecule has 150 valence electrons. The van der Waals surface area contributed by atoms with Crippen molar-refractivity contribution in [1.82, 2.24) is 4.57 Å². The largest absolute Gasteiger partial charge is 0.476 e. The lowest BCUT2D eigenvalue weighted by Gasteiger charge is -2.09. The standard InChI is InChI=1S/C24H25NO4/c1-18-6-12-21(13-7-18)24(28)22-5-3-15-25(22)14-2-4-19-8-10-20(11-9-19)16-29-17-23(26)27/h3,5-13,15H,2,4,14,16-17H2,1H3,(H,26,27)/p+1. The van der Waals surface area contributed by atoms with Gasteiger partial charge in [0.25, 0.3) is 0 Å². The number of nitrogens with zero attached hydrogens (tertiary/aromatic N) is 1. The van der Waals surface area contributed by atoms with Crippen LogP contribution in [0.15, 0.2) is 66.9 Å². The number of hydrogen-bond donors (Lipinski definition) is 1. The van der Waals surface area contributed by atoms with E-state index in [-0.39, 0.29) is 12.4 Å². The summed E-state index contributed by atoms with van der Waals surface area (Å²) in [7, 11) is 0. The van der Waals surface area contributed by atoms with Gasteiger partial charge in [-0.3, -0.25) is 4.79 Å². The summed E-state index contributed by atoms with van der Waals surface area (Å²) >= 11 is 0. The first-order valence-electron chi connectivity index (χ1n) is 9.72. The van der Waals surface area contributed by atoms with E-state index in [1.54, 1.807) is 0 Å². The summed E-state index contributed by atoms with van der Waals surface area (Å²) in [4.78, 5) is 23.3. The van der Waals surface area contributed by atoms with Crippen molar-refractivity contribution in [2.24, 2.45) is 0 Å². The molecule has 0 spiro atoms. The maximum absolute atomic E-state index is 12.8. The van der Waals surface area contributed by atoms with Gasteiger partial charge in [0.15, 0.2) is 6.61 Å². The Morgan fingerprint density at radius 1 is 0.966 bits per heavy atom. The SMILES string of the molecule is Cc1ccc(C(=O)c2cccn2CCCc2ccc(C[OH+]CC(=O)O)cc2)cc1. The number of ketones is 1. The minimum Gasteiger partial charge on any atom is -0.476 e. The van der Waals surface area contributed by atoms with Gasteiger partial charge in [0.1, 0.15) is 0 Å². The van der Waals surface area contributed by atoms with Gasteiger partial charge in [-0.15, -0.1) is 0 Å². The van der Waals surface area contributed by atoms with Crippen LogP contribution in [0.25, 0.3) is 0 Å². The molecule has 3 aromatic rings. The van der Waals surface area contributed by atoms with Crippen molar-refractivity contribution in [2.75, 3.05) is 6.61 Å². The molecule has 3 rings (SSSR count). The van der Waals surface area contributed by atoms with Crippen LogP contribution in [0.1, 0.15) is 39.2 Å². The molecule has 2 N–H and O–H groups in total. The average molecular weight is 392 g/mol. The lowest BCUT2D eigenvalue weighted by Crippen LogP contribution is -2.11. The fraction of sp³-hybridized carbons (Fsp3) is 0.250. The number of carboxylic acids is 1. The third kappa shape index (κ3) is 5.90. The molecule has 5 heteroatoms. The molecular weight excluding hydrogens is 366 g/mol. The number of aliphatic carboxylic acids is 1. The van der Waals surface area contributed by atoms with Gasteiger partial charge in [0.2, 0.25) is 12.4 Å². The molecule has 1 heterocycles. The number of carbonyl (C=O) groups is 2. The lowest BCUT2D eigenvalue weighted by atomic mass is 10.1. The van der Waals surface area contributed by atoms with Crippen LogP contribution in [-0.2, 0) is 24.4 Å². The van der Waals surface area contributed by atoms with E-state index in [0.717, 1.165) is 30.5 Å². The predicted molar refractivity (Wildman–Crippen MR) is 112 cm³/mol. The van der Waals surface area contributed by atoms with E-state index >= 15 is 0 Å². The number of aromatic nitrogens is 1. The van der Waals surface area contributed by atoms with Crippen molar-refractivity contribution in [3.8, 4) is 0 Å². The Bertz CT molecular complexity index is 955. The van der Waals surface area contributed by atoms with Crippen LogP contribution in [0, 0.1) is 6.92 Å². The molecule has 1 aromatic heterocycles. The zero-order valence-electron chi connectivity index (χ0n) is 16.5. The summed E-state index contributed by atoms with van der Waals surface area (Å²) in [6, 6.07) is 19.5. The summed E-state index contributed by atoms with van der Waals surface area (Å²) < 4.78 is 6.00. The average Bonchev–Trinajstić information content (AvgIpc) is 3.17. The van der Waals surface area contributed by atoms with E-state index < -0.39 is 5.97 Å². The molecule has 0 radical (unpaired) electrons. The van der Waals surface area contributed by atoms with Crippen LogP contribution in [-0.4, -0.2) is 32.8 Å². The highest BCUT2D eigenvalue weighted by molar-refractivity contribution is 6.08. The first kappa shape index (κ1) is 20.6. The van der Waals surface area contributed by atoms with Crippen molar-refractivity contribution < 1.29 is 19.4 Å². The summed E-state index contributed by atoms with van der Waals surface area (Å²) in [6.45, 7) is 3.03. The van der Waals surface area contributed by atoms with E-state index in [9.17, 15) is 9.59 Å². The zero-order chi connectivity index (χ0) is 20.6. The van der Waals surface area contributed by atoms with Crippen molar-refractivity contribution in [2.45, 2.75) is 32.9 Å². The molecule has 2 aromatic carbocycles. The lowest BCUT2D eigenvalue weighted by molar-refractivity contribution is -0.155. The zero-order valence-corrected chi connectivity index (χ0v) is 16.5. The molecule has 0 amide bonds.